The third-order valence-electron chi connectivity index (χ3n) is 4.77. The van der Waals surface area contributed by atoms with E-state index in [1.807, 2.05) is 37.3 Å². The van der Waals surface area contributed by atoms with Gasteiger partial charge in [0.2, 0.25) is 0 Å². The van der Waals surface area contributed by atoms with E-state index >= 15 is 0 Å². The molecule has 1 amide bonds. The summed E-state index contributed by atoms with van der Waals surface area (Å²) in [6.45, 7) is 4.14. The number of nitrogens with zero attached hydrogens (tertiary/aromatic N) is 1. The van der Waals surface area contributed by atoms with Crippen molar-refractivity contribution in [3.63, 3.8) is 0 Å². The van der Waals surface area contributed by atoms with Crippen molar-refractivity contribution in [2.75, 3.05) is 11.4 Å². The van der Waals surface area contributed by atoms with E-state index in [9.17, 15) is 13.2 Å². The average molecular weight is 409 g/mol. The number of hydrogen-bond donors (Lipinski definition) is 1. The van der Waals surface area contributed by atoms with Crippen LogP contribution in [0, 0.1) is 13.8 Å². The largest absolute Gasteiger partial charge is 0.348 e. The van der Waals surface area contributed by atoms with Gasteiger partial charge in [0.05, 0.1) is 10.6 Å². The molecule has 3 rings (SSSR count). The molecule has 3 aromatic rings. The van der Waals surface area contributed by atoms with Crippen LogP contribution in [0.5, 0.6) is 0 Å². The van der Waals surface area contributed by atoms with Crippen LogP contribution in [0.2, 0.25) is 0 Å². The summed E-state index contributed by atoms with van der Waals surface area (Å²) in [7, 11) is -2.16. The molecule has 0 aliphatic rings. The molecule has 0 aliphatic carbocycles. The molecule has 1 N–H and O–H groups in total. The van der Waals surface area contributed by atoms with Crippen molar-refractivity contribution < 1.29 is 13.2 Å². The molecule has 0 spiro atoms. The monoisotopic (exact) mass is 408 g/mol. The first-order valence-corrected chi connectivity index (χ1v) is 10.7. The summed E-state index contributed by atoms with van der Waals surface area (Å²) < 4.78 is 27.1. The van der Waals surface area contributed by atoms with E-state index in [0.29, 0.717) is 23.4 Å². The maximum Gasteiger partial charge on any atom is 0.264 e. The van der Waals surface area contributed by atoms with Crippen LogP contribution in [0.3, 0.4) is 0 Å². The Morgan fingerprint density at radius 1 is 0.931 bits per heavy atom. The second kappa shape index (κ2) is 8.49. The van der Waals surface area contributed by atoms with E-state index in [1.165, 1.54) is 11.4 Å². The van der Waals surface area contributed by atoms with Crippen LogP contribution in [0.15, 0.2) is 77.7 Å². The normalized spacial score (nSPS) is 11.1. The quantitative estimate of drug-likeness (QED) is 0.669. The SMILES string of the molecule is Cc1ccc(S(=O)(=O)N(C)c2ccc(C(=O)NCc3ccccc3)cc2C)cc1. The van der Waals surface area contributed by atoms with Crippen LogP contribution in [-0.2, 0) is 16.6 Å². The molecular formula is C23H24N2O3S. The molecule has 0 aliphatic heterocycles. The standard InChI is InChI=1S/C23H24N2O3S/c1-17-9-12-21(13-10-17)29(27,28)25(3)22-14-11-20(15-18(22)2)23(26)24-16-19-7-5-4-6-8-19/h4-15H,16H2,1-3H3,(H,24,26). The molecule has 0 fully saturated rings. The topological polar surface area (TPSA) is 66.5 Å². The molecule has 29 heavy (non-hydrogen) atoms. The fourth-order valence-corrected chi connectivity index (χ4v) is 4.29. The molecule has 0 radical (unpaired) electrons. The smallest absolute Gasteiger partial charge is 0.264 e. The van der Waals surface area contributed by atoms with Gasteiger partial charge in [0.25, 0.3) is 15.9 Å². The molecule has 150 valence electrons. The Morgan fingerprint density at radius 3 is 2.21 bits per heavy atom. The molecule has 3 aromatic carbocycles. The van der Waals surface area contributed by atoms with Crippen LogP contribution in [-0.4, -0.2) is 21.4 Å². The summed E-state index contributed by atoms with van der Waals surface area (Å²) in [5, 5.41) is 2.88. The second-order valence-corrected chi connectivity index (χ2v) is 8.92. The van der Waals surface area contributed by atoms with E-state index in [0.717, 1.165) is 11.1 Å². The van der Waals surface area contributed by atoms with Crippen LogP contribution in [0.1, 0.15) is 27.0 Å². The van der Waals surface area contributed by atoms with Gasteiger partial charge in [-0.3, -0.25) is 9.10 Å². The minimum Gasteiger partial charge on any atom is -0.348 e. The van der Waals surface area contributed by atoms with Gasteiger partial charge in [-0.1, -0.05) is 48.0 Å². The van der Waals surface area contributed by atoms with Crippen LogP contribution in [0.4, 0.5) is 5.69 Å². The van der Waals surface area contributed by atoms with Gasteiger partial charge in [0.15, 0.2) is 0 Å². The first kappa shape index (κ1) is 20.6. The predicted octanol–water partition coefficient (Wildman–Crippen LogP) is 4.06. The first-order valence-electron chi connectivity index (χ1n) is 9.27. The fraction of sp³-hybridized carbons (Fsp3) is 0.174. The lowest BCUT2D eigenvalue weighted by molar-refractivity contribution is 0.0951. The average Bonchev–Trinajstić information content (AvgIpc) is 2.72. The van der Waals surface area contributed by atoms with Gasteiger partial charge in [-0.25, -0.2) is 8.42 Å². The summed E-state index contributed by atoms with van der Waals surface area (Å²) in [5.41, 5.74) is 3.73. The van der Waals surface area contributed by atoms with Gasteiger partial charge in [-0.2, -0.15) is 0 Å². The number of nitrogens with one attached hydrogen (secondary N) is 1. The molecular weight excluding hydrogens is 384 g/mol. The Kier molecular flexibility index (Phi) is 6.03. The minimum atomic E-state index is -3.68. The molecule has 5 nitrogen and oxygen atoms in total. The zero-order valence-electron chi connectivity index (χ0n) is 16.7. The summed E-state index contributed by atoms with van der Waals surface area (Å²) in [6.07, 6.45) is 0. The highest BCUT2D eigenvalue weighted by atomic mass is 32.2. The number of anilines is 1. The molecule has 0 saturated carbocycles. The number of carbonyl (C=O) groups excluding carboxylic acids is 1. The highest BCUT2D eigenvalue weighted by Gasteiger charge is 2.22. The van der Waals surface area contributed by atoms with Crippen molar-refractivity contribution in [1.29, 1.82) is 0 Å². The third kappa shape index (κ3) is 4.66. The van der Waals surface area contributed by atoms with Gasteiger partial charge >= 0.3 is 0 Å². The second-order valence-electron chi connectivity index (χ2n) is 6.96. The van der Waals surface area contributed by atoms with Crippen molar-refractivity contribution in [3.05, 3.63) is 95.1 Å². The number of benzene rings is 3. The molecule has 0 saturated heterocycles. The Labute approximate surface area is 172 Å². The van der Waals surface area contributed by atoms with Crippen molar-refractivity contribution in [2.24, 2.45) is 0 Å². The lowest BCUT2D eigenvalue weighted by Gasteiger charge is -2.22. The Hall–Kier alpha value is -3.12. The van der Waals surface area contributed by atoms with E-state index in [1.54, 1.807) is 49.4 Å². The number of aryl methyl sites for hydroxylation is 2. The fourth-order valence-electron chi connectivity index (χ4n) is 3.03. The maximum absolute atomic E-state index is 12.9. The molecule has 0 bridgehead atoms. The molecule has 6 heteroatoms. The summed E-state index contributed by atoms with van der Waals surface area (Å²) >= 11 is 0. The van der Waals surface area contributed by atoms with Crippen molar-refractivity contribution in [2.45, 2.75) is 25.3 Å². The lowest BCUT2D eigenvalue weighted by atomic mass is 10.1. The molecule has 0 unspecified atom stereocenters. The third-order valence-corrected chi connectivity index (χ3v) is 6.56. The molecule has 0 aromatic heterocycles. The Balaban J connectivity index is 1.78. The van der Waals surface area contributed by atoms with E-state index in [-0.39, 0.29) is 10.8 Å². The van der Waals surface area contributed by atoms with Gasteiger partial charge in [0, 0.05) is 19.2 Å². The zero-order chi connectivity index (χ0) is 21.0. The highest BCUT2D eigenvalue weighted by molar-refractivity contribution is 7.92. The van der Waals surface area contributed by atoms with Crippen LogP contribution < -0.4 is 9.62 Å². The Bertz CT molecular complexity index is 1110. The number of hydrogen-bond acceptors (Lipinski definition) is 3. The number of amides is 1. The van der Waals surface area contributed by atoms with Gasteiger partial charge in [-0.15, -0.1) is 0 Å². The van der Waals surface area contributed by atoms with Crippen molar-refractivity contribution >= 4 is 21.6 Å². The van der Waals surface area contributed by atoms with Crippen molar-refractivity contribution in [3.8, 4) is 0 Å². The summed E-state index contributed by atoms with van der Waals surface area (Å²) in [4.78, 5) is 12.7. The Morgan fingerprint density at radius 2 is 1.59 bits per heavy atom. The first-order chi connectivity index (χ1) is 13.8. The maximum atomic E-state index is 12.9. The number of rotatable bonds is 6. The predicted molar refractivity (Wildman–Crippen MR) is 116 cm³/mol. The van der Waals surface area contributed by atoms with E-state index in [4.69, 9.17) is 0 Å². The van der Waals surface area contributed by atoms with E-state index < -0.39 is 10.0 Å². The molecule has 0 heterocycles. The number of sulfonamides is 1. The summed E-state index contributed by atoms with van der Waals surface area (Å²) in [6, 6.07) is 21.4. The van der Waals surface area contributed by atoms with Crippen LogP contribution in [0.25, 0.3) is 0 Å². The minimum absolute atomic E-state index is 0.201. The van der Waals surface area contributed by atoms with Gasteiger partial charge in [0.1, 0.15) is 0 Å². The number of carbonyl (C=O) groups is 1. The van der Waals surface area contributed by atoms with Gasteiger partial charge in [-0.05, 0) is 55.3 Å². The summed E-state index contributed by atoms with van der Waals surface area (Å²) in [5.74, 6) is -0.201. The van der Waals surface area contributed by atoms with Gasteiger partial charge < -0.3 is 5.32 Å². The zero-order valence-corrected chi connectivity index (χ0v) is 17.5. The molecule has 0 atom stereocenters. The highest BCUT2D eigenvalue weighted by Crippen LogP contribution is 2.26. The van der Waals surface area contributed by atoms with Crippen LogP contribution >= 0.6 is 0 Å². The lowest BCUT2D eigenvalue weighted by Crippen LogP contribution is -2.27. The van der Waals surface area contributed by atoms with Crippen molar-refractivity contribution in [1.82, 2.24) is 5.32 Å². The van der Waals surface area contributed by atoms with E-state index in [2.05, 4.69) is 5.32 Å².